The van der Waals surface area contributed by atoms with Crippen molar-refractivity contribution in [3.8, 4) is 0 Å². The molecule has 1 aromatic heterocycles. The summed E-state index contributed by atoms with van der Waals surface area (Å²) in [5.74, 6) is 0.806. The highest BCUT2D eigenvalue weighted by atomic mass is 79.9. The maximum Gasteiger partial charge on any atom is 0.238 e. The monoisotopic (exact) mass is 476 g/mol. The number of carbonyl (C=O) groups excluding carboxylic acids is 1. The Morgan fingerprint density at radius 1 is 1.08 bits per heavy atom. The molecule has 1 aliphatic rings. The highest BCUT2D eigenvalue weighted by molar-refractivity contribution is 9.10. The van der Waals surface area contributed by atoms with Gasteiger partial charge in [0, 0.05) is 36.8 Å². The second kappa shape index (κ2) is 8.76. The van der Waals surface area contributed by atoms with Crippen molar-refractivity contribution >= 4 is 68.1 Å². The van der Waals surface area contributed by atoms with Crippen LogP contribution in [0.4, 0.5) is 11.5 Å². The average Bonchev–Trinajstić information content (AvgIpc) is 2.61. The van der Waals surface area contributed by atoms with Crippen LogP contribution in [0.5, 0.6) is 0 Å². The number of carbonyl (C=O) groups is 1. The van der Waals surface area contributed by atoms with Crippen LogP contribution in [0.25, 0.3) is 0 Å². The van der Waals surface area contributed by atoms with Crippen molar-refractivity contribution in [2.45, 2.75) is 0 Å². The number of hydrogen-bond acceptors (Lipinski definition) is 4. The van der Waals surface area contributed by atoms with Gasteiger partial charge in [-0.1, -0.05) is 34.8 Å². The highest BCUT2D eigenvalue weighted by Gasteiger charge is 2.20. The number of rotatable bonds is 4. The zero-order valence-corrected chi connectivity index (χ0v) is 17.5. The summed E-state index contributed by atoms with van der Waals surface area (Å²) in [4.78, 5) is 21.0. The van der Waals surface area contributed by atoms with E-state index in [-0.39, 0.29) is 12.5 Å². The third-order valence-corrected chi connectivity index (χ3v) is 5.56. The van der Waals surface area contributed by atoms with E-state index in [2.05, 4.69) is 36.0 Å². The molecule has 5 nitrogen and oxygen atoms in total. The summed E-state index contributed by atoms with van der Waals surface area (Å²) in [7, 11) is 0. The van der Waals surface area contributed by atoms with Gasteiger partial charge in [0.1, 0.15) is 5.82 Å². The van der Waals surface area contributed by atoms with E-state index in [0.717, 1.165) is 36.5 Å². The number of benzene rings is 1. The van der Waals surface area contributed by atoms with Crippen LogP contribution in [0.1, 0.15) is 0 Å². The lowest BCUT2D eigenvalue weighted by Crippen LogP contribution is -2.48. The van der Waals surface area contributed by atoms with Crippen molar-refractivity contribution in [2.24, 2.45) is 0 Å². The summed E-state index contributed by atoms with van der Waals surface area (Å²) in [6.45, 7) is 3.48. The van der Waals surface area contributed by atoms with Gasteiger partial charge in [0.2, 0.25) is 5.91 Å². The van der Waals surface area contributed by atoms with Crippen LogP contribution in [-0.2, 0) is 4.79 Å². The van der Waals surface area contributed by atoms with E-state index < -0.39 is 0 Å². The summed E-state index contributed by atoms with van der Waals surface area (Å²) >= 11 is 21.4. The SMILES string of the molecule is O=C(CN1CCN(c2ccc(Br)cn2)CC1)Nc1cc(Cl)c(Cl)cc1Cl. The Morgan fingerprint density at radius 3 is 2.42 bits per heavy atom. The van der Waals surface area contributed by atoms with E-state index in [4.69, 9.17) is 34.8 Å². The van der Waals surface area contributed by atoms with Crippen LogP contribution < -0.4 is 10.2 Å². The van der Waals surface area contributed by atoms with Crippen LogP contribution in [-0.4, -0.2) is 48.5 Å². The van der Waals surface area contributed by atoms with E-state index in [1.165, 1.54) is 6.07 Å². The van der Waals surface area contributed by atoms with Gasteiger partial charge in [0.25, 0.3) is 0 Å². The Labute approximate surface area is 175 Å². The number of amides is 1. The first-order valence-electron chi connectivity index (χ1n) is 7.95. The van der Waals surface area contributed by atoms with Gasteiger partial charge in [-0.15, -0.1) is 0 Å². The molecule has 0 unspecified atom stereocenters. The minimum absolute atomic E-state index is 0.138. The van der Waals surface area contributed by atoms with Gasteiger partial charge in [-0.2, -0.15) is 0 Å². The van der Waals surface area contributed by atoms with Gasteiger partial charge in [-0.25, -0.2) is 4.98 Å². The molecule has 1 saturated heterocycles. The lowest BCUT2D eigenvalue weighted by atomic mass is 10.3. The van der Waals surface area contributed by atoms with Gasteiger partial charge < -0.3 is 10.2 Å². The van der Waals surface area contributed by atoms with Crippen LogP contribution in [0.15, 0.2) is 34.9 Å². The fourth-order valence-corrected chi connectivity index (χ4v) is 3.53. The largest absolute Gasteiger partial charge is 0.354 e. The zero-order valence-electron chi connectivity index (χ0n) is 13.7. The fraction of sp³-hybridized carbons (Fsp3) is 0.294. The highest BCUT2D eigenvalue weighted by Crippen LogP contribution is 2.32. The standard InChI is InChI=1S/C17H16BrCl3N4O/c18-11-1-2-16(22-9-11)25-5-3-24(4-6-25)10-17(26)23-15-8-13(20)12(19)7-14(15)21/h1-2,7-9H,3-6,10H2,(H,23,26). The zero-order chi connectivity index (χ0) is 18.7. The number of hydrogen-bond donors (Lipinski definition) is 1. The molecule has 0 bridgehead atoms. The second-order valence-electron chi connectivity index (χ2n) is 5.89. The van der Waals surface area contributed by atoms with Crippen LogP contribution in [0.3, 0.4) is 0 Å². The molecule has 1 N–H and O–H groups in total. The molecule has 1 amide bonds. The van der Waals surface area contributed by atoms with Crippen molar-refractivity contribution < 1.29 is 4.79 Å². The van der Waals surface area contributed by atoms with Crippen molar-refractivity contribution in [2.75, 3.05) is 42.9 Å². The van der Waals surface area contributed by atoms with Crippen molar-refractivity contribution in [3.63, 3.8) is 0 Å². The normalized spacial score (nSPS) is 15.2. The molecule has 9 heteroatoms. The Morgan fingerprint density at radius 2 is 1.77 bits per heavy atom. The van der Waals surface area contributed by atoms with Crippen molar-refractivity contribution in [3.05, 3.63) is 50.0 Å². The van der Waals surface area contributed by atoms with E-state index >= 15 is 0 Å². The molecule has 0 atom stereocenters. The summed E-state index contributed by atoms with van der Waals surface area (Å²) in [5, 5.41) is 3.85. The van der Waals surface area contributed by atoms with Gasteiger partial charge in [0.05, 0.1) is 27.3 Å². The molecule has 2 aromatic rings. The minimum atomic E-state index is -0.138. The molecule has 1 fully saturated rings. The Kier molecular flexibility index (Phi) is 6.64. The number of pyridine rings is 1. The quantitative estimate of drug-likeness (QED) is 0.655. The number of nitrogens with one attached hydrogen (secondary N) is 1. The Hall–Kier alpha value is -1.05. The predicted molar refractivity (Wildman–Crippen MR) is 111 cm³/mol. The Balaban J connectivity index is 1.52. The fourth-order valence-electron chi connectivity index (χ4n) is 2.70. The van der Waals surface area contributed by atoms with E-state index in [0.29, 0.717) is 20.8 Å². The number of aromatic nitrogens is 1. The number of anilines is 2. The van der Waals surface area contributed by atoms with E-state index in [9.17, 15) is 4.79 Å². The van der Waals surface area contributed by atoms with E-state index in [1.807, 2.05) is 12.1 Å². The number of piperazine rings is 1. The van der Waals surface area contributed by atoms with Crippen LogP contribution in [0, 0.1) is 0 Å². The van der Waals surface area contributed by atoms with E-state index in [1.54, 1.807) is 12.3 Å². The van der Waals surface area contributed by atoms with Crippen LogP contribution >= 0.6 is 50.7 Å². The van der Waals surface area contributed by atoms with Gasteiger partial charge in [-0.05, 0) is 40.2 Å². The molecule has 138 valence electrons. The van der Waals surface area contributed by atoms with Crippen molar-refractivity contribution in [1.29, 1.82) is 0 Å². The lowest BCUT2D eigenvalue weighted by Gasteiger charge is -2.35. The molecular weight excluding hydrogens is 462 g/mol. The molecule has 1 aliphatic heterocycles. The molecule has 1 aromatic carbocycles. The summed E-state index contributed by atoms with van der Waals surface area (Å²) in [5.41, 5.74) is 0.462. The summed E-state index contributed by atoms with van der Waals surface area (Å²) in [6, 6.07) is 7.04. The van der Waals surface area contributed by atoms with Crippen LogP contribution in [0.2, 0.25) is 15.1 Å². The number of halogens is 4. The maximum atomic E-state index is 12.3. The van der Waals surface area contributed by atoms with Gasteiger partial charge in [-0.3, -0.25) is 9.69 Å². The smallest absolute Gasteiger partial charge is 0.238 e. The van der Waals surface area contributed by atoms with Gasteiger partial charge >= 0.3 is 0 Å². The molecule has 0 radical (unpaired) electrons. The lowest BCUT2D eigenvalue weighted by molar-refractivity contribution is -0.117. The predicted octanol–water partition coefficient (Wildman–Crippen LogP) is 4.57. The summed E-state index contributed by atoms with van der Waals surface area (Å²) < 4.78 is 0.956. The molecule has 2 heterocycles. The third kappa shape index (κ3) is 5.02. The molecule has 0 saturated carbocycles. The Bertz CT molecular complexity index is 795. The first-order chi connectivity index (χ1) is 12.4. The summed E-state index contributed by atoms with van der Waals surface area (Å²) in [6.07, 6.45) is 1.79. The first kappa shape index (κ1) is 19.7. The van der Waals surface area contributed by atoms with Gasteiger partial charge in [0.15, 0.2) is 0 Å². The first-order valence-corrected chi connectivity index (χ1v) is 9.88. The maximum absolute atomic E-state index is 12.3. The molecule has 3 rings (SSSR count). The number of nitrogens with zero attached hydrogens (tertiary/aromatic N) is 3. The molecule has 0 aliphatic carbocycles. The third-order valence-electron chi connectivity index (χ3n) is 4.06. The average molecular weight is 479 g/mol. The second-order valence-corrected chi connectivity index (χ2v) is 8.03. The molecule has 0 spiro atoms. The molecular formula is C17H16BrCl3N4O. The topological polar surface area (TPSA) is 48.5 Å². The molecule has 26 heavy (non-hydrogen) atoms. The van der Waals surface area contributed by atoms with Crippen molar-refractivity contribution in [1.82, 2.24) is 9.88 Å². The minimum Gasteiger partial charge on any atom is -0.354 e.